The van der Waals surface area contributed by atoms with Crippen LogP contribution < -0.4 is 0 Å². The molecule has 0 radical (unpaired) electrons. The van der Waals surface area contributed by atoms with Crippen LogP contribution in [0.5, 0.6) is 0 Å². The van der Waals surface area contributed by atoms with Gasteiger partial charge < -0.3 is 19.7 Å². The van der Waals surface area contributed by atoms with E-state index in [-0.39, 0.29) is 0 Å². The van der Waals surface area contributed by atoms with Gasteiger partial charge in [-0.05, 0) is 36.0 Å². The molecule has 0 aromatic heterocycles. The summed E-state index contributed by atoms with van der Waals surface area (Å²) in [6, 6.07) is 5.23. The molecule has 1 aromatic carbocycles. The molecule has 0 atom stereocenters. The molecule has 6 nitrogen and oxygen atoms in total. The topological polar surface area (TPSA) is 93.1 Å². The number of hydrogen-bond donors (Lipinski definition) is 2. The van der Waals surface area contributed by atoms with Crippen molar-refractivity contribution < 1.29 is 29.3 Å². The van der Waals surface area contributed by atoms with Crippen LogP contribution in [0.1, 0.15) is 44.4 Å². The highest BCUT2D eigenvalue weighted by atomic mass is 16.8. The van der Waals surface area contributed by atoms with E-state index in [0.717, 1.165) is 16.7 Å². The monoisotopic (exact) mass is 320 g/mol. The number of aryl methyl sites for hydroxylation is 1. The van der Waals surface area contributed by atoms with Crippen LogP contribution in [0.3, 0.4) is 0 Å². The van der Waals surface area contributed by atoms with Crippen LogP contribution in [0.25, 0.3) is 5.57 Å². The molecule has 2 N–H and O–H groups in total. The highest BCUT2D eigenvalue weighted by molar-refractivity contribution is 5.82. The van der Waals surface area contributed by atoms with Crippen molar-refractivity contribution in [1.29, 1.82) is 0 Å². The first-order chi connectivity index (χ1) is 10.5. The zero-order chi connectivity index (χ0) is 17.6. The second kappa shape index (κ2) is 5.30. The molecule has 0 saturated carbocycles. The van der Waals surface area contributed by atoms with E-state index in [1.165, 1.54) is 0 Å². The standard InChI is InChI=1S/C17H20O6/c1-9-7-6-8-11-12(9)10(2)13(16(3,4)5)17(11,22-14(18)19)23-15(20)21/h6-8H,1-5H3,(H,18,19)(H,20,21). The molecule has 23 heavy (non-hydrogen) atoms. The van der Waals surface area contributed by atoms with Gasteiger partial charge in [-0.25, -0.2) is 9.59 Å². The summed E-state index contributed by atoms with van der Waals surface area (Å²) in [4.78, 5) is 22.6. The van der Waals surface area contributed by atoms with E-state index in [1.807, 2.05) is 40.7 Å². The fraction of sp³-hybridized carbons (Fsp3) is 0.412. The van der Waals surface area contributed by atoms with E-state index in [9.17, 15) is 19.8 Å². The largest absolute Gasteiger partial charge is 0.509 e. The van der Waals surface area contributed by atoms with E-state index in [4.69, 9.17) is 9.47 Å². The summed E-state index contributed by atoms with van der Waals surface area (Å²) in [6.07, 6.45) is -3.20. The number of fused-ring (bicyclic) bond motifs is 1. The first kappa shape index (κ1) is 16.9. The Labute approximate surface area is 134 Å². The molecule has 0 aliphatic heterocycles. The maximum absolute atomic E-state index is 11.3. The van der Waals surface area contributed by atoms with Crippen molar-refractivity contribution in [2.75, 3.05) is 0 Å². The molecule has 1 aliphatic carbocycles. The minimum absolute atomic E-state index is 0.393. The summed E-state index contributed by atoms with van der Waals surface area (Å²) < 4.78 is 10.1. The summed E-state index contributed by atoms with van der Waals surface area (Å²) >= 11 is 0. The lowest BCUT2D eigenvalue weighted by atomic mass is 9.80. The smallest absolute Gasteiger partial charge is 0.450 e. The molecule has 0 heterocycles. The van der Waals surface area contributed by atoms with Crippen LogP contribution >= 0.6 is 0 Å². The number of hydrogen-bond acceptors (Lipinski definition) is 4. The summed E-state index contributed by atoms with van der Waals surface area (Å²) in [5.74, 6) is -1.98. The Kier molecular flexibility index (Phi) is 3.88. The molecule has 0 saturated heterocycles. The highest BCUT2D eigenvalue weighted by Gasteiger charge is 2.55. The van der Waals surface area contributed by atoms with E-state index >= 15 is 0 Å². The molecular weight excluding hydrogens is 300 g/mol. The van der Waals surface area contributed by atoms with E-state index in [2.05, 4.69) is 0 Å². The Hall–Kier alpha value is -2.50. The average Bonchev–Trinajstić information content (AvgIpc) is 2.57. The Morgan fingerprint density at radius 2 is 1.57 bits per heavy atom. The fourth-order valence-electron chi connectivity index (χ4n) is 3.48. The van der Waals surface area contributed by atoms with Crippen molar-refractivity contribution in [3.63, 3.8) is 0 Å². The zero-order valence-corrected chi connectivity index (χ0v) is 13.8. The lowest BCUT2D eigenvalue weighted by Gasteiger charge is -2.36. The van der Waals surface area contributed by atoms with Gasteiger partial charge >= 0.3 is 18.1 Å². The van der Waals surface area contributed by atoms with Gasteiger partial charge in [-0.15, -0.1) is 0 Å². The van der Waals surface area contributed by atoms with Crippen LogP contribution in [-0.4, -0.2) is 22.5 Å². The molecule has 2 rings (SSSR count). The average molecular weight is 320 g/mol. The first-order valence-corrected chi connectivity index (χ1v) is 7.17. The predicted molar refractivity (Wildman–Crippen MR) is 83.1 cm³/mol. The lowest BCUT2D eigenvalue weighted by molar-refractivity contribution is -0.169. The quantitative estimate of drug-likeness (QED) is 0.621. The first-order valence-electron chi connectivity index (χ1n) is 7.17. The van der Waals surface area contributed by atoms with Crippen LogP contribution in [0.2, 0.25) is 0 Å². The van der Waals surface area contributed by atoms with Crippen molar-refractivity contribution >= 4 is 17.9 Å². The Morgan fingerprint density at radius 3 is 2.00 bits per heavy atom. The Bertz CT molecular complexity index is 692. The van der Waals surface area contributed by atoms with Crippen LogP contribution in [0, 0.1) is 12.3 Å². The third-order valence-electron chi connectivity index (χ3n) is 3.92. The normalized spacial score (nSPS) is 16.0. The van der Waals surface area contributed by atoms with Crippen molar-refractivity contribution in [2.24, 2.45) is 5.41 Å². The summed E-state index contributed by atoms with van der Waals surface area (Å²) in [7, 11) is 0. The number of ether oxygens (including phenoxy) is 2. The van der Waals surface area contributed by atoms with Gasteiger partial charge in [0.2, 0.25) is 0 Å². The molecule has 0 unspecified atom stereocenters. The fourth-order valence-corrected chi connectivity index (χ4v) is 3.48. The minimum Gasteiger partial charge on any atom is -0.450 e. The number of benzene rings is 1. The van der Waals surface area contributed by atoms with Gasteiger partial charge in [0.1, 0.15) is 0 Å². The number of carbonyl (C=O) groups is 2. The van der Waals surface area contributed by atoms with Crippen molar-refractivity contribution in [2.45, 2.75) is 40.4 Å². The Morgan fingerprint density at radius 1 is 1.04 bits per heavy atom. The third-order valence-corrected chi connectivity index (χ3v) is 3.92. The zero-order valence-electron chi connectivity index (χ0n) is 13.8. The van der Waals surface area contributed by atoms with E-state index in [0.29, 0.717) is 11.1 Å². The summed E-state index contributed by atoms with van der Waals surface area (Å²) in [5, 5.41) is 18.4. The molecular formula is C17H20O6. The Balaban J connectivity index is 2.88. The molecule has 6 heteroatoms. The maximum Gasteiger partial charge on any atom is 0.509 e. The van der Waals surface area contributed by atoms with Crippen molar-refractivity contribution in [3.05, 3.63) is 40.5 Å². The maximum atomic E-state index is 11.3. The van der Waals surface area contributed by atoms with Gasteiger partial charge in [-0.1, -0.05) is 39.0 Å². The highest BCUT2D eigenvalue weighted by Crippen LogP contribution is 2.55. The summed E-state index contributed by atoms with van der Waals surface area (Å²) in [5.41, 5.74) is 2.74. The molecule has 124 valence electrons. The lowest BCUT2D eigenvalue weighted by Crippen LogP contribution is -2.41. The molecule has 0 bridgehead atoms. The van der Waals surface area contributed by atoms with Crippen LogP contribution in [0.4, 0.5) is 9.59 Å². The van der Waals surface area contributed by atoms with Crippen LogP contribution in [-0.2, 0) is 15.3 Å². The van der Waals surface area contributed by atoms with Gasteiger partial charge in [0.15, 0.2) is 0 Å². The van der Waals surface area contributed by atoms with Gasteiger partial charge in [0, 0.05) is 11.1 Å². The molecule has 0 fully saturated rings. The molecule has 1 aromatic rings. The van der Waals surface area contributed by atoms with E-state index < -0.39 is 23.5 Å². The number of carboxylic acid groups (broad SMARTS) is 2. The van der Waals surface area contributed by atoms with Crippen molar-refractivity contribution in [3.8, 4) is 0 Å². The van der Waals surface area contributed by atoms with Crippen LogP contribution in [0.15, 0.2) is 23.8 Å². The van der Waals surface area contributed by atoms with Gasteiger partial charge in [0.05, 0.1) is 0 Å². The minimum atomic E-state index is -1.98. The van der Waals surface area contributed by atoms with Gasteiger partial charge in [-0.3, -0.25) is 0 Å². The van der Waals surface area contributed by atoms with Gasteiger partial charge in [-0.2, -0.15) is 0 Å². The number of rotatable bonds is 2. The molecule has 0 amide bonds. The van der Waals surface area contributed by atoms with Crippen molar-refractivity contribution in [1.82, 2.24) is 0 Å². The predicted octanol–water partition coefficient (Wildman–Crippen LogP) is 4.37. The summed E-state index contributed by atoms with van der Waals surface area (Å²) in [6.45, 7) is 9.28. The molecule has 1 aliphatic rings. The molecule has 0 spiro atoms. The van der Waals surface area contributed by atoms with Gasteiger partial charge in [0.25, 0.3) is 0 Å². The SMILES string of the molecule is CC1=C(C(C)(C)C)C(OC(=O)O)(OC(=O)O)c2cccc(C)c21. The number of allylic oxidation sites excluding steroid dienone is 1. The second-order valence-electron chi connectivity index (χ2n) is 6.60. The third kappa shape index (κ3) is 2.65. The van der Waals surface area contributed by atoms with E-state index in [1.54, 1.807) is 12.1 Å². The second-order valence-corrected chi connectivity index (χ2v) is 6.60.